The molecule has 1 aliphatic carbocycles. The summed E-state index contributed by atoms with van der Waals surface area (Å²) < 4.78 is 9.93. The third-order valence-corrected chi connectivity index (χ3v) is 3.31. The van der Waals surface area contributed by atoms with E-state index in [4.69, 9.17) is 4.74 Å². The van der Waals surface area contributed by atoms with E-state index in [1.807, 2.05) is 0 Å². The number of esters is 1. The molecule has 3 nitrogen and oxygen atoms in total. The molecule has 2 fully saturated rings. The maximum absolute atomic E-state index is 11.1. The highest BCUT2D eigenvalue weighted by molar-refractivity contribution is 5.77. The van der Waals surface area contributed by atoms with Gasteiger partial charge in [-0.3, -0.25) is 0 Å². The molecule has 2 aliphatic rings. The molecule has 0 amide bonds. The first-order valence-corrected chi connectivity index (χ1v) is 5.54. The number of hydrogen-bond donors (Lipinski definition) is 0. The molecule has 1 aliphatic heterocycles. The molecule has 1 saturated carbocycles. The molecule has 0 spiro atoms. The summed E-state index contributed by atoms with van der Waals surface area (Å²) in [7, 11) is 1.42. The van der Waals surface area contributed by atoms with Crippen molar-refractivity contribution >= 4 is 5.97 Å². The van der Waals surface area contributed by atoms with Gasteiger partial charge in [0.25, 0.3) is 0 Å². The van der Waals surface area contributed by atoms with Crippen molar-refractivity contribution in [3.8, 4) is 0 Å². The van der Waals surface area contributed by atoms with Crippen LogP contribution in [0.25, 0.3) is 0 Å². The van der Waals surface area contributed by atoms with Crippen LogP contribution in [-0.4, -0.2) is 25.3 Å². The fourth-order valence-corrected chi connectivity index (χ4v) is 2.40. The van der Waals surface area contributed by atoms with Gasteiger partial charge in [-0.2, -0.15) is 0 Å². The summed E-state index contributed by atoms with van der Waals surface area (Å²) in [4.78, 5) is 11.1. The molecule has 1 saturated heterocycles. The molecule has 0 aromatic heterocycles. The Morgan fingerprint density at radius 3 is 2.71 bits per heavy atom. The second kappa shape index (κ2) is 4.30. The number of methoxy groups -OCH3 is 1. The smallest absolute Gasteiger partial charge is 0.337 e. The molecule has 1 heterocycles. The van der Waals surface area contributed by atoms with Gasteiger partial charge in [0.05, 0.1) is 13.2 Å². The first kappa shape index (κ1) is 9.97. The van der Waals surface area contributed by atoms with Gasteiger partial charge in [-0.15, -0.1) is 0 Å². The summed E-state index contributed by atoms with van der Waals surface area (Å²) in [6.45, 7) is 0. The largest absolute Gasteiger partial charge is 0.467 e. The van der Waals surface area contributed by atoms with E-state index in [0.717, 1.165) is 12.3 Å². The minimum atomic E-state index is -0.248. The lowest BCUT2D eigenvalue weighted by molar-refractivity contribution is -0.142. The van der Waals surface area contributed by atoms with E-state index in [1.54, 1.807) is 0 Å². The number of rotatable bonds is 3. The second-order valence-electron chi connectivity index (χ2n) is 4.36. The molecular formula is C11H18O3. The highest BCUT2D eigenvalue weighted by Crippen LogP contribution is 2.35. The van der Waals surface area contributed by atoms with E-state index in [2.05, 4.69) is 4.74 Å². The summed E-state index contributed by atoms with van der Waals surface area (Å²) in [5.74, 6) is 0.578. The summed E-state index contributed by atoms with van der Waals surface area (Å²) in [6.07, 6.45) is 7.66. The fraction of sp³-hybridized carbons (Fsp3) is 0.909. The Hall–Kier alpha value is -0.570. The van der Waals surface area contributed by atoms with Crippen LogP contribution in [-0.2, 0) is 14.3 Å². The Kier molecular flexibility index (Phi) is 3.06. The lowest BCUT2D eigenvalue weighted by Gasteiger charge is -2.20. The summed E-state index contributed by atoms with van der Waals surface area (Å²) in [5.41, 5.74) is 0. The molecule has 0 unspecified atom stereocenters. The number of carbonyl (C=O) groups is 1. The Morgan fingerprint density at radius 1 is 1.36 bits per heavy atom. The monoisotopic (exact) mass is 198 g/mol. The molecule has 14 heavy (non-hydrogen) atoms. The summed E-state index contributed by atoms with van der Waals surface area (Å²) in [6, 6.07) is 0. The zero-order chi connectivity index (χ0) is 9.97. The topological polar surface area (TPSA) is 38.8 Å². The van der Waals surface area contributed by atoms with Crippen molar-refractivity contribution in [3.63, 3.8) is 0 Å². The third kappa shape index (κ3) is 2.27. The van der Waals surface area contributed by atoms with Crippen molar-refractivity contribution in [2.75, 3.05) is 7.11 Å². The molecule has 0 radical (unpaired) electrons. The SMILES string of the molecule is COC(=O)[C@H]1O[C@@H]1CC1CCCCC1. The van der Waals surface area contributed by atoms with E-state index < -0.39 is 0 Å². The maximum Gasteiger partial charge on any atom is 0.337 e. The van der Waals surface area contributed by atoms with E-state index >= 15 is 0 Å². The van der Waals surface area contributed by atoms with Crippen LogP contribution in [0.3, 0.4) is 0 Å². The molecule has 0 aromatic rings. The van der Waals surface area contributed by atoms with Gasteiger partial charge < -0.3 is 9.47 Å². The van der Waals surface area contributed by atoms with Crippen molar-refractivity contribution in [3.05, 3.63) is 0 Å². The highest BCUT2D eigenvalue weighted by atomic mass is 16.6. The lowest BCUT2D eigenvalue weighted by Crippen LogP contribution is -2.15. The van der Waals surface area contributed by atoms with Crippen LogP contribution in [0.2, 0.25) is 0 Å². The summed E-state index contributed by atoms with van der Waals surface area (Å²) in [5, 5.41) is 0. The van der Waals surface area contributed by atoms with Crippen molar-refractivity contribution in [1.29, 1.82) is 0 Å². The van der Waals surface area contributed by atoms with Crippen LogP contribution >= 0.6 is 0 Å². The fourth-order valence-electron chi connectivity index (χ4n) is 2.40. The maximum atomic E-state index is 11.1. The predicted octanol–water partition coefficient (Wildman–Crippen LogP) is 1.90. The molecule has 0 bridgehead atoms. The van der Waals surface area contributed by atoms with Crippen LogP contribution in [0.15, 0.2) is 0 Å². The van der Waals surface area contributed by atoms with Crippen molar-refractivity contribution in [2.24, 2.45) is 5.92 Å². The average molecular weight is 198 g/mol. The van der Waals surface area contributed by atoms with Crippen LogP contribution < -0.4 is 0 Å². The lowest BCUT2D eigenvalue weighted by atomic mass is 9.86. The zero-order valence-electron chi connectivity index (χ0n) is 8.70. The quantitative estimate of drug-likeness (QED) is 0.513. The van der Waals surface area contributed by atoms with Crippen LogP contribution in [0, 0.1) is 5.92 Å². The first-order chi connectivity index (χ1) is 6.81. The minimum absolute atomic E-state index is 0.158. The molecule has 3 heteroatoms. The van der Waals surface area contributed by atoms with Gasteiger partial charge in [0.1, 0.15) is 0 Å². The van der Waals surface area contributed by atoms with Gasteiger partial charge in [-0.1, -0.05) is 32.1 Å². The van der Waals surface area contributed by atoms with E-state index in [1.165, 1.54) is 39.2 Å². The summed E-state index contributed by atoms with van der Waals surface area (Å²) >= 11 is 0. The normalized spacial score (nSPS) is 32.6. The van der Waals surface area contributed by atoms with Gasteiger partial charge in [-0.05, 0) is 12.3 Å². The van der Waals surface area contributed by atoms with Gasteiger partial charge in [-0.25, -0.2) is 4.79 Å². The molecule has 0 N–H and O–H groups in total. The zero-order valence-corrected chi connectivity index (χ0v) is 8.70. The van der Waals surface area contributed by atoms with E-state index in [9.17, 15) is 4.79 Å². The molecule has 0 aromatic carbocycles. The molecule has 80 valence electrons. The second-order valence-corrected chi connectivity index (χ2v) is 4.36. The van der Waals surface area contributed by atoms with E-state index in [0.29, 0.717) is 0 Å². The van der Waals surface area contributed by atoms with Crippen molar-refractivity contribution < 1.29 is 14.3 Å². The van der Waals surface area contributed by atoms with Gasteiger partial charge >= 0.3 is 5.97 Å². The van der Waals surface area contributed by atoms with Crippen molar-refractivity contribution in [2.45, 2.75) is 50.7 Å². The average Bonchev–Trinajstić information content (AvgIpc) is 2.98. The van der Waals surface area contributed by atoms with E-state index in [-0.39, 0.29) is 18.2 Å². The molecule has 2 rings (SSSR count). The highest BCUT2D eigenvalue weighted by Gasteiger charge is 2.46. The first-order valence-electron chi connectivity index (χ1n) is 5.54. The Labute approximate surface area is 84.8 Å². The Bertz CT molecular complexity index is 209. The number of hydrogen-bond acceptors (Lipinski definition) is 3. The van der Waals surface area contributed by atoms with Crippen LogP contribution in [0.5, 0.6) is 0 Å². The molecule has 2 atom stereocenters. The Balaban J connectivity index is 1.70. The van der Waals surface area contributed by atoms with Gasteiger partial charge in [0, 0.05) is 0 Å². The number of ether oxygens (including phenoxy) is 2. The van der Waals surface area contributed by atoms with Gasteiger partial charge in [0.2, 0.25) is 0 Å². The van der Waals surface area contributed by atoms with Crippen molar-refractivity contribution in [1.82, 2.24) is 0 Å². The van der Waals surface area contributed by atoms with Crippen LogP contribution in [0.1, 0.15) is 38.5 Å². The molecular weight excluding hydrogens is 180 g/mol. The van der Waals surface area contributed by atoms with Gasteiger partial charge in [0.15, 0.2) is 6.10 Å². The Morgan fingerprint density at radius 2 is 2.07 bits per heavy atom. The van der Waals surface area contributed by atoms with Crippen LogP contribution in [0.4, 0.5) is 0 Å². The number of carbonyl (C=O) groups excluding carboxylic acids is 1. The standard InChI is InChI=1S/C11H18O3/c1-13-11(12)10-9(14-10)7-8-5-3-2-4-6-8/h8-10H,2-7H2,1H3/t9-,10+/m1/s1. The third-order valence-electron chi connectivity index (χ3n) is 3.31. The minimum Gasteiger partial charge on any atom is -0.467 e. The number of epoxide rings is 1. The predicted molar refractivity (Wildman–Crippen MR) is 51.9 cm³/mol.